The van der Waals surface area contributed by atoms with Gasteiger partial charge in [-0.3, -0.25) is 5.10 Å². The van der Waals surface area contributed by atoms with Gasteiger partial charge in [-0.15, -0.1) is 0 Å². The highest BCUT2D eigenvalue weighted by atomic mass is 19.1. The van der Waals surface area contributed by atoms with E-state index in [9.17, 15) is 9.50 Å². The molecule has 0 bridgehead atoms. The molecule has 1 atom stereocenters. The molecule has 2 heterocycles. The highest BCUT2D eigenvalue weighted by molar-refractivity contribution is 5.62. The molecule has 136 valence electrons. The van der Waals surface area contributed by atoms with Crippen LogP contribution in [-0.4, -0.2) is 52.5 Å². The van der Waals surface area contributed by atoms with Gasteiger partial charge in [-0.2, -0.15) is 5.10 Å². The molecule has 1 saturated heterocycles. The number of β-amino-alcohol motifs (C(OH)–C–C–N with tert-alkyl or cyclic N) is 1. The fourth-order valence-corrected chi connectivity index (χ4v) is 3.47. The Morgan fingerprint density at radius 1 is 1.32 bits per heavy atom. The lowest BCUT2D eigenvalue weighted by Crippen LogP contribution is -2.40. The third-order valence-electron chi connectivity index (χ3n) is 4.83. The number of halogens is 1. The number of H-pyrrole nitrogens is 1. The van der Waals surface area contributed by atoms with E-state index in [0.717, 1.165) is 62.4 Å². The zero-order valence-electron chi connectivity index (χ0n) is 14.7. The predicted molar refractivity (Wildman–Crippen MR) is 96.5 cm³/mol. The van der Waals surface area contributed by atoms with Crippen LogP contribution in [0.1, 0.15) is 25.3 Å². The van der Waals surface area contributed by atoms with Crippen molar-refractivity contribution in [1.29, 1.82) is 0 Å². The number of nitrogens with one attached hydrogen (secondary N) is 2. The molecule has 0 amide bonds. The molecule has 0 spiro atoms. The van der Waals surface area contributed by atoms with Crippen molar-refractivity contribution in [2.75, 3.05) is 26.2 Å². The van der Waals surface area contributed by atoms with Crippen LogP contribution in [0, 0.1) is 11.7 Å². The Labute approximate surface area is 148 Å². The maximum Gasteiger partial charge on any atom is 0.123 e. The van der Waals surface area contributed by atoms with Crippen LogP contribution in [0.5, 0.6) is 0 Å². The maximum atomic E-state index is 13.1. The van der Waals surface area contributed by atoms with Gasteiger partial charge < -0.3 is 15.3 Å². The lowest BCUT2D eigenvalue weighted by Gasteiger charge is -2.32. The fourth-order valence-electron chi connectivity index (χ4n) is 3.47. The fraction of sp³-hybridized carbons (Fsp3) is 0.526. The van der Waals surface area contributed by atoms with Crippen molar-refractivity contribution in [2.45, 2.75) is 32.4 Å². The van der Waals surface area contributed by atoms with Gasteiger partial charge in [0.2, 0.25) is 0 Å². The summed E-state index contributed by atoms with van der Waals surface area (Å²) in [6.07, 6.45) is 3.91. The van der Waals surface area contributed by atoms with Crippen LogP contribution in [0.4, 0.5) is 4.39 Å². The van der Waals surface area contributed by atoms with E-state index in [4.69, 9.17) is 0 Å². The Bertz CT molecular complexity index is 648. The molecule has 1 aromatic carbocycles. The van der Waals surface area contributed by atoms with Crippen molar-refractivity contribution in [3.05, 3.63) is 41.8 Å². The van der Waals surface area contributed by atoms with Gasteiger partial charge >= 0.3 is 0 Å². The SMILES string of the molecule is C[C@H](O)CN1CCC(CNCc2cn[nH]c2-c2ccc(F)cc2)CC1. The number of rotatable bonds is 7. The quantitative estimate of drug-likeness (QED) is 0.720. The second kappa shape index (κ2) is 8.56. The first-order chi connectivity index (χ1) is 12.1. The summed E-state index contributed by atoms with van der Waals surface area (Å²) in [5.41, 5.74) is 2.99. The Morgan fingerprint density at radius 3 is 2.72 bits per heavy atom. The molecule has 0 aliphatic carbocycles. The molecule has 0 unspecified atom stereocenters. The van der Waals surface area contributed by atoms with Gasteiger partial charge in [-0.1, -0.05) is 0 Å². The Balaban J connectivity index is 1.46. The average Bonchev–Trinajstić information content (AvgIpc) is 3.05. The first-order valence-electron chi connectivity index (χ1n) is 9.01. The van der Waals surface area contributed by atoms with Crippen molar-refractivity contribution < 1.29 is 9.50 Å². The van der Waals surface area contributed by atoms with E-state index in [1.807, 2.05) is 13.1 Å². The van der Waals surface area contributed by atoms with Crippen molar-refractivity contribution in [2.24, 2.45) is 5.92 Å². The molecule has 0 radical (unpaired) electrons. The van der Waals surface area contributed by atoms with E-state index >= 15 is 0 Å². The standard InChI is InChI=1S/C19H27FN4O/c1-14(25)13-24-8-6-15(7-9-24)10-21-11-17-12-22-23-19(17)16-2-4-18(20)5-3-16/h2-5,12,14-15,21,25H,6-11,13H2,1H3,(H,22,23)/t14-/m0/s1. The molecule has 1 aliphatic rings. The van der Waals surface area contributed by atoms with Crippen LogP contribution in [-0.2, 0) is 6.54 Å². The molecule has 5 nitrogen and oxygen atoms in total. The summed E-state index contributed by atoms with van der Waals surface area (Å²) in [6.45, 7) is 6.47. The molecule has 2 aromatic rings. The van der Waals surface area contributed by atoms with Gasteiger partial charge in [0.05, 0.1) is 18.0 Å². The second-order valence-electron chi connectivity index (χ2n) is 7.00. The number of piperidine rings is 1. The number of nitrogens with zero attached hydrogens (tertiary/aromatic N) is 2. The summed E-state index contributed by atoms with van der Waals surface area (Å²) in [7, 11) is 0. The minimum atomic E-state index is -0.249. The molecule has 6 heteroatoms. The van der Waals surface area contributed by atoms with Crippen LogP contribution in [0.3, 0.4) is 0 Å². The number of benzene rings is 1. The molecule has 1 aromatic heterocycles. The van der Waals surface area contributed by atoms with Gasteiger partial charge in [0.1, 0.15) is 5.82 Å². The van der Waals surface area contributed by atoms with Crippen LogP contribution in [0.2, 0.25) is 0 Å². The van der Waals surface area contributed by atoms with Gasteiger partial charge in [0.25, 0.3) is 0 Å². The van der Waals surface area contributed by atoms with Crippen LogP contribution < -0.4 is 5.32 Å². The molecule has 3 rings (SSSR count). The largest absolute Gasteiger partial charge is 0.392 e. The topological polar surface area (TPSA) is 64.2 Å². The molecule has 1 fully saturated rings. The summed E-state index contributed by atoms with van der Waals surface area (Å²) >= 11 is 0. The zero-order valence-corrected chi connectivity index (χ0v) is 14.7. The predicted octanol–water partition coefficient (Wildman–Crippen LogP) is 2.40. The van der Waals surface area contributed by atoms with Crippen molar-refractivity contribution in [1.82, 2.24) is 20.4 Å². The molecular formula is C19H27FN4O. The number of likely N-dealkylation sites (tertiary alicyclic amines) is 1. The summed E-state index contributed by atoms with van der Waals surface area (Å²) in [4.78, 5) is 2.34. The number of hydrogen-bond donors (Lipinski definition) is 3. The third-order valence-corrected chi connectivity index (χ3v) is 4.83. The van der Waals surface area contributed by atoms with E-state index in [1.54, 1.807) is 12.1 Å². The average molecular weight is 346 g/mol. The van der Waals surface area contributed by atoms with Gasteiger partial charge in [-0.05, 0) is 69.6 Å². The normalized spacial score (nSPS) is 17.7. The van der Waals surface area contributed by atoms with Gasteiger partial charge in [-0.25, -0.2) is 4.39 Å². The number of aromatic nitrogens is 2. The number of hydrogen-bond acceptors (Lipinski definition) is 4. The summed E-state index contributed by atoms with van der Waals surface area (Å²) in [5, 5.41) is 20.1. The number of aromatic amines is 1. The highest BCUT2D eigenvalue weighted by Gasteiger charge is 2.19. The number of aliphatic hydroxyl groups is 1. The molecule has 3 N–H and O–H groups in total. The van der Waals surface area contributed by atoms with Crippen molar-refractivity contribution in [3.63, 3.8) is 0 Å². The minimum Gasteiger partial charge on any atom is -0.392 e. The Hall–Kier alpha value is -1.76. The molecule has 0 saturated carbocycles. The lowest BCUT2D eigenvalue weighted by atomic mass is 9.96. The Kier molecular flexibility index (Phi) is 6.18. The van der Waals surface area contributed by atoms with Gasteiger partial charge in [0.15, 0.2) is 0 Å². The maximum absolute atomic E-state index is 13.1. The van der Waals surface area contributed by atoms with Crippen LogP contribution >= 0.6 is 0 Å². The minimum absolute atomic E-state index is 0.232. The molecule has 25 heavy (non-hydrogen) atoms. The van der Waals surface area contributed by atoms with Gasteiger partial charge in [0, 0.05) is 24.2 Å². The van der Waals surface area contributed by atoms with E-state index in [2.05, 4.69) is 20.4 Å². The third kappa shape index (κ3) is 5.11. The first kappa shape index (κ1) is 18.0. The van der Waals surface area contributed by atoms with Crippen molar-refractivity contribution in [3.8, 4) is 11.3 Å². The first-order valence-corrected chi connectivity index (χ1v) is 9.01. The van der Waals surface area contributed by atoms with E-state index in [0.29, 0.717) is 5.92 Å². The van der Waals surface area contributed by atoms with E-state index in [1.165, 1.54) is 12.1 Å². The van der Waals surface area contributed by atoms with E-state index < -0.39 is 0 Å². The smallest absolute Gasteiger partial charge is 0.123 e. The molecular weight excluding hydrogens is 319 g/mol. The molecule has 1 aliphatic heterocycles. The van der Waals surface area contributed by atoms with Crippen molar-refractivity contribution >= 4 is 0 Å². The summed E-state index contributed by atoms with van der Waals surface area (Å²) in [6, 6.07) is 6.47. The van der Waals surface area contributed by atoms with Crippen LogP contribution in [0.15, 0.2) is 30.5 Å². The highest BCUT2D eigenvalue weighted by Crippen LogP contribution is 2.22. The number of aliphatic hydroxyl groups excluding tert-OH is 1. The second-order valence-corrected chi connectivity index (χ2v) is 7.00. The zero-order chi connectivity index (χ0) is 17.6. The Morgan fingerprint density at radius 2 is 2.04 bits per heavy atom. The summed E-state index contributed by atoms with van der Waals surface area (Å²) in [5.74, 6) is 0.441. The summed E-state index contributed by atoms with van der Waals surface area (Å²) < 4.78 is 13.1. The lowest BCUT2D eigenvalue weighted by molar-refractivity contribution is 0.0998. The monoisotopic (exact) mass is 346 g/mol. The van der Waals surface area contributed by atoms with E-state index in [-0.39, 0.29) is 11.9 Å². The van der Waals surface area contributed by atoms with Crippen LogP contribution in [0.25, 0.3) is 11.3 Å².